The Balaban J connectivity index is 2.09. The van der Waals surface area contributed by atoms with Crippen LogP contribution in [0.1, 0.15) is 36.4 Å². The van der Waals surface area contributed by atoms with Gasteiger partial charge in [0.2, 0.25) is 0 Å². The summed E-state index contributed by atoms with van der Waals surface area (Å²) < 4.78 is 0. The molecule has 1 aliphatic rings. The first-order valence-corrected chi connectivity index (χ1v) is 7.04. The van der Waals surface area contributed by atoms with E-state index in [2.05, 4.69) is 4.98 Å². The Kier molecular flexibility index (Phi) is 3.67. The Morgan fingerprint density at radius 3 is 2.50 bits per heavy atom. The molecule has 1 aliphatic carbocycles. The van der Waals surface area contributed by atoms with Crippen LogP contribution in [0.3, 0.4) is 0 Å². The summed E-state index contributed by atoms with van der Waals surface area (Å²) in [4.78, 5) is 14.9. The van der Waals surface area contributed by atoms with Crippen LogP contribution in [0.5, 0.6) is 0 Å². The molecule has 0 radical (unpaired) electrons. The zero-order valence-corrected chi connectivity index (χ0v) is 11.7. The number of pyridine rings is 1. The molecule has 0 bridgehead atoms. The summed E-state index contributed by atoms with van der Waals surface area (Å²) in [7, 11) is 0. The summed E-state index contributed by atoms with van der Waals surface area (Å²) >= 11 is 0. The van der Waals surface area contributed by atoms with E-state index in [0.29, 0.717) is 17.0 Å². The van der Waals surface area contributed by atoms with Crippen LogP contribution in [0, 0.1) is 16.5 Å². The van der Waals surface area contributed by atoms with Crippen molar-refractivity contribution in [3.63, 3.8) is 0 Å². The molecule has 3 rings (SSSR count). The second-order valence-electron chi connectivity index (χ2n) is 5.40. The van der Waals surface area contributed by atoms with E-state index in [9.17, 15) is 15.3 Å². The van der Waals surface area contributed by atoms with Crippen LogP contribution in [0.2, 0.25) is 0 Å². The number of benzene rings is 1. The maximum absolute atomic E-state index is 12.1. The van der Waals surface area contributed by atoms with Gasteiger partial charge in [0.05, 0.1) is 5.69 Å². The highest BCUT2D eigenvalue weighted by Gasteiger charge is 2.22. The summed E-state index contributed by atoms with van der Waals surface area (Å²) in [6, 6.07) is 9.87. The van der Waals surface area contributed by atoms with Crippen molar-refractivity contribution in [2.24, 2.45) is 0 Å². The number of hydrogen-bond acceptors (Lipinski definition) is 5. The average molecular weight is 296 g/mol. The molecule has 1 heterocycles. The second kappa shape index (κ2) is 5.64. The molecule has 6 nitrogen and oxygen atoms in total. The summed E-state index contributed by atoms with van der Waals surface area (Å²) in [5, 5.41) is 28.7. The fourth-order valence-electron chi connectivity index (χ4n) is 2.63. The molecule has 1 aromatic carbocycles. The van der Waals surface area contributed by atoms with Crippen molar-refractivity contribution in [3.05, 3.63) is 57.2 Å². The highest BCUT2D eigenvalue weighted by Crippen LogP contribution is 2.36. The highest BCUT2D eigenvalue weighted by atomic mass is 16.8. The van der Waals surface area contributed by atoms with E-state index >= 15 is 0 Å². The molecule has 0 atom stereocenters. The van der Waals surface area contributed by atoms with Gasteiger partial charge in [-0.2, -0.15) is 5.26 Å². The lowest BCUT2D eigenvalue weighted by Crippen LogP contribution is -2.19. The Morgan fingerprint density at radius 1 is 1.32 bits per heavy atom. The van der Waals surface area contributed by atoms with Crippen molar-refractivity contribution >= 4 is 5.69 Å². The van der Waals surface area contributed by atoms with E-state index < -0.39 is 5.56 Å². The number of anilines is 1. The SMILES string of the molecule is N#Cc1c(-c2ccc(N([O-])O)cc2)cc(C2CCC2)[nH]c1=O. The van der Waals surface area contributed by atoms with Gasteiger partial charge in [0.1, 0.15) is 11.6 Å². The zero-order valence-electron chi connectivity index (χ0n) is 11.7. The molecule has 1 aromatic heterocycles. The monoisotopic (exact) mass is 296 g/mol. The van der Waals surface area contributed by atoms with Gasteiger partial charge < -0.3 is 15.4 Å². The molecule has 6 heteroatoms. The van der Waals surface area contributed by atoms with Gasteiger partial charge in [-0.3, -0.25) is 10.0 Å². The number of rotatable bonds is 3. The molecule has 1 fully saturated rings. The molecular weight excluding hydrogens is 282 g/mol. The lowest BCUT2D eigenvalue weighted by atomic mass is 9.82. The summed E-state index contributed by atoms with van der Waals surface area (Å²) in [6.07, 6.45) is 3.22. The third-order valence-electron chi connectivity index (χ3n) is 4.11. The predicted molar refractivity (Wildman–Crippen MR) is 81.4 cm³/mol. The van der Waals surface area contributed by atoms with Crippen molar-refractivity contribution in [1.82, 2.24) is 4.98 Å². The normalized spacial score (nSPS) is 14.2. The smallest absolute Gasteiger partial charge is 0.266 e. The topological polar surface area (TPSA) is 103 Å². The molecule has 0 aliphatic heterocycles. The second-order valence-corrected chi connectivity index (χ2v) is 5.40. The Bertz CT molecular complexity index is 784. The third-order valence-corrected chi connectivity index (χ3v) is 4.11. The minimum Gasteiger partial charge on any atom is -0.733 e. The number of nitriles is 1. The van der Waals surface area contributed by atoms with Crippen LogP contribution >= 0.6 is 0 Å². The first-order chi connectivity index (χ1) is 10.6. The van der Waals surface area contributed by atoms with E-state index in [1.54, 1.807) is 12.1 Å². The van der Waals surface area contributed by atoms with Crippen LogP contribution < -0.4 is 10.8 Å². The van der Waals surface area contributed by atoms with Gasteiger partial charge in [0, 0.05) is 11.3 Å². The molecule has 22 heavy (non-hydrogen) atoms. The Labute approximate surface area is 126 Å². The molecular formula is C16H14N3O3-. The Hall–Kier alpha value is -2.62. The lowest BCUT2D eigenvalue weighted by Gasteiger charge is -2.26. The predicted octanol–water partition coefficient (Wildman–Crippen LogP) is 2.87. The molecule has 0 spiro atoms. The van der Waals surface area contributed by atoms with E-state index in [1.807, 2.05) is 12.1 Å². The molecule has 0 saturated heterocycles. The van der Waals surface area contributed by atoms with Gasteiger partial charge in [0.25, 0.3) is 5.56 Å². The van der Waals surface area contributed by atoms with E-state index in [0.717, 1.165) is 25.0 Å². The number of H-pyrrole nitrogens is 1. The minimum atomic E-state index is -0.390. The number of aromatic nitrogens is 1. The van der Waals surface area contributed by atoms with E-state index in [1.165, 1.54) is 12.1 Å². The van der Waals surface area contributed by atoms with Crippen LogP contribution in [-0.4, -0.2) is 10.2 Å². The lowest BCUT2D eigenvalue weighted by molar-refractivity contribution is 0.296. The average Bonchev–Trinajstić information content (AvgIpc) is 2.45. The van der Waals surface area contributed by atoms with Gasteiger partial charge in [-0.25, -0.2) is 0 Å². The molecule has 2 N–H and O–H groups in total. The first kappa shape index (κ1) is 14.3. The van der Waals surface area contributed by atoms with Crippen molar-refractivity contribution in [2.75, 3.05) is 5.23 Å². The summed E-state index contributed by atoms with van der Waals surface area (Å²) in [5.74, 6) is 0.341. The van der Waals surface area contributed by atoms with Gasteiger partial charge in [-0.05, 0) is 42.5 Å². The minimum absolute atomic E-state index is 0.0544. The quantitative estimate of drug-likeness (QED) is 0.848. The van der Waals surface area contributed by atoms with Gasteiger partial charge in [0.15, 0.2) is 0 Å². The van der Waals surface area contributed by atoms with Crippen molar-refractivity contribution in [2.45, 2.75) is 25.2 Å². The molecule has 0 unspecified atom stereocenters. The van der Waals surface area contributed by atoms with Gasteiger partial charge >= 0.3 is 0 Å². The molecule has 1 saturated carbocycles. The van der Waals surface area contributed by atoms with E-state index in [-0.39, 0.29) is 16.5 Å². The number of nitrogens with one attached hydrogen (secondary N) is 1. The maximum Gasteiger partial charge on any atom is 0.266 e. The maximum atomic E-state index is 12.1. The van der Waals surface area contributed by atoms with Crippen molar-refractivity contribution in [3.8, 4) is 17.2 Å². The highest BCUT2D eigenvalue weighted by molar-refractivity contribution is 5.72. The van der Waals surface area contributed by atoms with Crippen LogP contribution in [0.15, 0.2) is 35.1 Å². The molecule has 2 aromatic rings. The summed E-state index contributed by atoms with van der Waals surface area (Å²) in [5.41, 5.74) is 1.81. The van der Waals surface area contributed by atoms with Crippen LogP contribution in [0.25, 0.3) is 11.1 Å². The standard InChI is InChI=1S/C16H14N3O3/c17-9-14-13(10-4-6-12(7-5-10)19(21)22)8-15(18-16(14)20)11-2-1-3-11/h4-8,11,21H,1-3H2,(H,18,20)/q-1. The molecule has 0 amide bonds. The summed E-state index contributed by atoms with van der Waals surface area (Å²) in [6.45, 7) is 0. The zero-order chi connectivity index (χ0) is 15.7. The fourth-order valence-corrected chi connectivity index (χ4v) is 2.63. The Morgan fingerprint density at radius 2 is 2.00 bits per heavy atom. The van der Waals surface area contributed by atoms with E-state index in [4.69, 9.17) is 5.21 Å². The van der Waals surface area contributed by atoms with Gasteiger partial charge in [-0.1, -0.05) is 18.6 Å². The van der Waals surface area contributed by atoms with Crippen molar-refractivity contribution in [1.29, 1.82) is 5.26 Å². The third kappa shape index (κ3) is 2.48. The number of aromatic amines is 1. The number of nitrogens with zero attached hydrogens (tertiary/aromatic N) is 2. The van der Waals surface area contributed by atoms with Crippen molar-refractivity contribution < 1.29 is 5.21 Å². The largest absolute Gasteiger partial charge is 0.733 e. The van der Waals surface area contributed by atoms with Gasteiger partial charge in [-0.15, -0.1) is 0 Å². The van der Waals surface area contributed by atoms with Crippen LogP contribution in [-0.2, 0) is 0 Å². The first-order valence-electron chi connectivity index (χ1n) is 7.04. The van der Waals surface area contributed by atoms with Crippen LogP contribution in [0.4, 0.5) is 5.69 Å². The molecule has 112 valence electrons. The number of hydrogen-bond donors (Lipinski definition) is 2. The fraction of sp³-hybridized carbons (Fsp3) is 0.250.